The van der Waals surface area contributed by atoms with Crippen molar-refractivity contribution in [3.63, 3.8) is 0 Å². The van der Waals surface area contributed by atoms with Gasteiger partial charge in [-0.15, -0.1) is 0 Å². The minimum atomic E-state index is -1.65. The number of fused-ring (bicyclic) bond motifs is 5. The van der Waals surface area contributed by atoms with Crippen LogP contribution in [-0.2, 0) is 62.3 Å². The molecule has 13 atom stereocenters. The van der Waals surface area contributed by atoms with Crippen LogP contribution in [0.5, 0.6) is 0 Å². The van der Waals surface area contributed by atoms with Crippen molar-refractivity contribution in [1.29, 1.82) is 0 Å². The summed E-state index contributed by atoms with van der Waals surface area (Å²) in [4.78, 5) is 180. The van der Waals surface area contributed by atoms with Crippen LogP contribution in [-0.4, -0.2) is 314 Å². The average Bonchev–Trinajstić information content (AvgIpc) is 1.67. The summed E-state index contributed by atoms with van der Waals surface area (Å²) in [5, 5.41) is 139. The van der Waals surface area contributed by atoms with E-state index in [-0.39, 0.29) is 117 Å². The molecule has 36 nitrogen and oxygen atoms in total. The van der Waals surface area contributed by atoms with Crippen LogP contribution in [0.15, 0.2) is 18.2 Å². The maximum absolute atomic E-state index is 14.7. The number of aliphatic carboxylic acids is 11. The Morgan fingerprint density at radius 3 is 1.21 bits per heavy atom. The highest BCUT2D eigenvalue weighted by Gasteiger charge is 2.66. The lowest BCUT2D eigenvalue weighted by atomic mass is 9.43. The molecule has 0 aromatic heterocycles. The van der Waals surface area contributed by atoms with E-state index >= 15 is 0 Å². The number of carboxylic acids is 11. The van der Waals surface area contributed by atoms with Crippen molar-refractivity contribution >= 4 is 94.8 Å². The summed E-state index contributed by atoms with van der Waals surface area (Å²) in [5.74, 6) is -18.2. The van der Waals surface area contributed by atoms with Crippen molar-refractivity contribution in [3.05, 3.63) is 23.8 Å². The summed E-state index contributed by atoms with van der Waals surface area (Å²) in [5.41, 5.74) is -1.39. The Labute approximate surface area is 581 Å². The summed E-state index contributed by atoms with van der Waals surface area (Å²) in [7, 11) is 0. The highest BCUT2D eigenvalue weighted by Crippen LogP contribution is 2.68. The van der Waals surface area contributed by atoms with E-state index in [1.165, 1.54) is 28.0 Å². The fraction of sp³-hybridized carbons (Fsp3) is 0.692. The molecule has 0 spiro atoms. The number of carboxylic acid groups (broad SMARTS) is 11. The number of nitrogens with zero attached hydrogens (tertiary/aromatic N) is 6. The number of aliphatic hydroxyl groups excluding tert-OH is 2. The standard InChI is InChI=1S/C65H97N9O27/c1-36(4-11-51(79)80)42-5-6-43-60-44(27-48(76)65(42,43)3)64(2)13-12-39(24-38(64)25-47(60)75)68-61(97)37-22-40(66-49(77)9-7-45(62(98)99)73(18-14-69(28-52(81)82)29-53(83)84)19-15-70(30-54(85)86)31-55(87)88)26-41(23-37)67-50(78)10-8-46(63(100)101)74(20-16-71(32-56(89)90)33-57(91)92)21-17-72(34-58(93)94)35-59(95)96/h22-23,26,36,38-39,42-48,60,75-76H,4-21,24-25,27-35H2,1-3H3,(H,66,77)(H,67,78)(H,68,97)(H,79,80)(H,81,82)(H,83,84)(H,85,86)(H,87,88)(H,89,90)(H,91,92)(H,93,94)(H,95,96)(H,98,99)(H,100,101)/t36-,38?,39?,42-,43+,44+,45?,46?,47?,48?,60+,64+,65-/m1/s1. The van der Waals surface area contributed by atoms with Crippen LogP contribution in [0.3, 0.4) is 0 Å². The second-order valence-corrected chi connectivity index (χ2v) is 27.7. The number of rotatable bonds is 46. The normalized spacial score (nSPS) is 24.0. The number of anilines is 2. The summed E-state index contributed by atoms with van der Waals surface area (Å²) < 4.78 is 0. The van der Waals surface area contributed by atoms with Crippen molar-refractivity contribution in [1.82, 2.24) is 34.7 Å². The second kappa shape index (κ2) is 37.9. The van der Waals surface area contributed by atoms with E-state index < -0.39 is 197 Å². The molecule has 4 aliphatic carbocycles. The fourth-order valence-electron chi connectivity index (χ4n) is 16.2. The SMILES string of the molecule is C[C@H](CCC(=O)O)[C@H]1CC[C@H]2[C@@H]3C(O)CC4CC(NC(=O)c5cc(NC(=O)CCC(C(=O)O)N(CCN(CC(=O)O)CC(=O)O)CCN(CC(=O)O)CC(=O)O)cc(NC(=O)CCC(C(=O)O)N(CCN(CC(=O)O)CC(=O)O)CCN(CC(=O)O)CC(=O)O)c5)CC[C@]4(C)[C@H]3CC(O)[C@]12C. The average molecular weight is 1440 g/mol. The molecule has 101 heavy (non-hydrogen) atoms. The van der Waals surface area contributed by atoms with E-state index in [1.54, 1.807) is 0 Å². The fourth-order valence-corrected chi connectivity index (χ4v) is 16.2. The number of nitrogens with one attached hydrogen (secondary N) is 3. The predicted molar refractivity (Wildman–Crippen MR) is 350 cm³/mol. The van der Waals surface area contributed by atoms with Crippen LogP contribution >= 0.6 is 0 Å². The van der Waals surface area contributed by atoms with Gasteiger partial charge in [0.05, 0.1) is 64.6 Å². The van der Waals surface area contributed by atoms with Gasteiger partial charge < -0.3 is 82.3 Å². The van der Waals surface area contributed by atoms with Gasteiger partial charge in [0.25, 0.3) is 5.91 Å². The van der Waals surface area contributed by atoms with E-state index in [9.17, 15) is 134 Å². The summed E-state index contributed by atoms with van der Waals surface area (Å²) >= 11 is 0. The van der Waals surface area contributed by atoms with Crippen LogP contribution in [0.25, 0.3) is 0 Å². The van der Waals surface area contributed by atoms with Gasteiger partial charge >= 0.3 is 65.7 Å². The molecule has 0 radical (unpaired) electrons. The number of hydrogen-bond acceptors (Lipinski definition) is 22. The molecule has 0 saturated heterocycles. The predicted octanol–water partition coefficient (Wildman–Crippen LogP) is -0.281. The van der Waals surface area contributed by atoms with E-state index in [2.05, 4.69) is 29.8 Å². The van der Waals surface area contributed by atoms with Gasteiger partial charge in [0.1, 0.15) is 12.1 Å². The van der Waals surface area contributed by atoms with E-state index in [4.69, 9.17) is 0 Å². The lowest BCUT2D eigenvalue weighted by Crippen LogP contribution is -2.63. The van der Waals surface area contributed by atoms with Crippen LogP contribution in [0.2, 0.25) is 0 Å². The van der Waals surface area contributed by atoms with Crippen LogP contribution in [0.1, 0.15) is 115 Å². The van der Waals surface area contributed by atoms with Crippen LogP contribution in [0.4, 0.5) is 11.4 Å². The Morgan fingerprint density at radius 2 is 0.851 bits per heavy atom. The quantitative estimate of drug-likeness (QED) is 0.0399. The molecule has 4 fully saturated rings. The molecule has 16 N–H and O–H groups in total. The van der Waals surface area contributed by atoms with Gasteiger partial charge in [-0.1, -0.05) is 20.8 Å². The molecule has 0 heterocycles. The molecule has 3 amide bonds. The zero-order chi connectivity index (χ0) is 75.4. The van der Waals surface area contributed by atoms with Gasteiger partial charge in [-0.25, -0.2) is 0 Å². The number of aliphatic hydroxyl groups is 2. The molecule has 4 saturated carbocycles. The number of carbonyl (C=O) groups is 14. The third-order valence-electron chi connectivity index (χ3n) is 20.9. The number of benzene rings is 1. The first kappa shape index (κ1) is 83.1. The van der Waals surface area contributed by atoms with Gasteiger partial charge in [0.2, 0.25) is 11.8 Å². The van der Waals surface area contributed by atoms with Crippen molar-refractivity contribution in [2.45, 2.75) is 135 Å². The minimum absolute atomic E-state index is 0.00292. The molecule has 5 rings (SSSR count). The molecule has 36 heteroatoms. The van der Waals surface area contributed by atoms with Gasteiger partial charge in [-0.05, 0) is 129 Å². The second-order valence-electron chi connectivity index (χ2n) is 27.7. The smallest absolute Gasteiger partial charge is 0.320 e. The van der Waals surface area contributed by atoms with Gasteiger partial charge in [0.15, 0.2) is 0 Å². The molecule has 0 aliphatic heterocycles. The Morgan fingerprint density at radius 1 is 0.465 bits per heavy atom. The summed E-state index contributed by atoms with van der Waals surface area (Å²) in [6, 6.07) is -0.0889. The number of amides is 3. The number of carbonyl (C=O) groups excluding carboxylic acids is 3. The van der Waals surface area contributed by atoms with E-state index in [1.807, 2.05) is 6.92 Å². The Bertz CT molecular complexity index is 2890. The third kappa shape index (κ3) is 24.9. The Balaban J connectivity index is 1.45. The van der Waals surface area contributed by atoms with Gasteiger partial charge in [-0.2, -0.15) is 0 Å². The number of hydrogen-bond donors (Lipinski definition) is 16. The lowest BCUT2D eigenvalue weighted by molar-refractivity contribution is -0.202. The lowest BCUT2D eigenvalue weighted by Gasteiger charge is -2.63. The van der Waals surface area contributed by atoms with Crippen molar-refractivity contribution in [3.8, 4) is 0 Å². The molecular formula is C65H97N9O27. The molecular weight excluding hydrogens is 1340 g/mol. The maximum atomic E-state index is 14.7. The highest BCUT2D eigenvalue weighted by atomic mass is 16.4. The zero-order valence-electron chi connectivity index (χ0n) is 56.8. The zero-order valence-corrected chi connectivity index (χ0v) is 56.8. The van der Waals surface area contributed by atoms with Crippen molar-refractivity contribution in [2.24, 2.45) is 46.3 Å². The van der Waals surface area contributed by atoms with Crippen LogP contribution < -0.4 is 16.0 Å². The first-order valence-electron chi connectivity index (χ1n) is 33.5. The molecule has 0 bridgehead atoms. The third-order valence-corrected chi connectivity index (χ3v) is 20.9. The van der Waals surface area contributed by atoms with Gasteiger partial charge in [-0.3, -0.25) is 96.5 Å². The van der Waals surface area contributed by atoms with Crippen molar-refractivity contribution in [2.75, 3.05) is 115 Å². The topological polar surface area (TPSA) is 558 Å². The first-order valence-corrected chi connectivity index (χ1v) is 33.5. The largest absolute Gasteiger partial charge is 0.481 e. The summed E-state index contributed by atoms with van der Waals surface area (Å²) in [6.45, 7) is -3.23. The maximum Gasteiger partial charge on any atom is 0.320 e. The van der Waals surface area contributed by atoms with E-state index in [0.717, 1.165) is 32.4 Å². The molecule has 1 aromatic carbocycles. The molecule has 1 aromatic rings. The van der Waals surface area contributed by atoms with E-state index in [0.29, 0.717) is 38.5 Å². The monoisotopic (exact) mass is 1440 g/mol. The molecule has 564 valence electrons. The molecule has 4 aliphatic rings. The highest BCUT2D eigenvalue weighted by molar-refractivity contribution is 6.01. The van der Waals surface area contributed by atoms with Crippen LogP contribution in [0, 0.1) is 46.3 Å². The van der Waals surface area contributed by atoms with Gasteiger partial charge in [0, 0.05) is 94.6 Å². The van der Waals surface area contributed by atoms with Crippen molar-refractivity contribution < 1.29 is 134 Å². The summed E-state index contributed by atoms with van der Waals surface area (Å²) in [6.07, 6.45) is 0.465. The minimum Gasteiger partial charge on any atom is -0.481 e. The molecule has 6 unspecified atom stereocenters. The Kier molecular flexibility index (Phi) is 31.2. The first-order chi connectivity index (χ1) is 47.3. The Hall–Kier alpha value is -8.52.